The molecule has 10 heteroatoms. The van der Waals surface area contributed by atoms with Gasteiger partial charge in [0.1, 0.15) is 24.5 Å². The van der Waals surface area contributed by atoms with Crippen LogP contribution in [0.5, 0.6) is 0 Å². The molecule has 0 aromatic carbocycles. The molecular weight excluding hydrogens is 378 g/mol. The number of anilines is 1. The molecule has 3 heterocycles. The van der Waals surface area contributed by atoms with Gasteiger partial charge in [-0.1, -0.05) is 6.92 Å². The van der Waals surface area contributed by atoms with E-state index >= 15 is 0 Å². The minimum Gasteiger partial charge on any atom is -0.382 e. The van der Waals surface area contributed by atoms with Crippen molar-refractivity contribution >= 4 is 17.0 Å². The monoisotopic (exact) mass is 409 g/mol. The second-order valence-corrected chi connectivity index (χ2v) is 6.86. The van der Waals surface area contributed by atoms with Crippen LogP contribution in [0, 0.1) is 0 Å². The van der Waals surface area contributed by atoms with Gasteiger partial charge in [-0.25, -0.2) is 15.0 Å². The summed E-state index contributed by atoms with van der Waals surface area (Å²) in [6.07, 6.45) is 3.67. The molecule has 2 aromatic heterocycles. The van der Waals surface area contributed by atoms with Crippen LogP contribution in [0.1, 0.15) is 38.2 Å². The fraction of sp³-hybridized carbons (Fsp3) is 0.737. The Morgan fingerprint density at radius 2 is 1.93 bits per heavy atom. The minimum absolute atomic E-state index is 0.166. The molecule has 10 nitrogen and oxygen atoms in total. The van der Waals surface area contributed by atoms with Gasteiger partial charge < -0.3 is 29.4 Å². The van der Waals surface area contributed by atoms with E-state index in [2.05, 4.69) is 21.9 Å². The smallest absolute Gasteiger partial charge is 0.186 e. The predicted octanol–water partition coefficient (Wildman–Crippen LogP) is 1.69. The normalized spacial score (nSPS) is 22.0. The average molecular weight is 409 g/mol. The van der Waals surface area contributed by atoms with Crippen molar-refractivity contribution in [2.75, 3.05) is 46.4 Å². The van der Waals surface area contributed by atoms with Gasteiger partial charge in [0, 0.05) is 40.3 Å². The molecule has 3 rings (SSSR count). The van der Waals surface area contributed by atoms with E-state index in [1.165, 1.54) is 6.33 Å². The number of nitrogens with two attached hydrogens (primary N) is 1. The van der Waals surface area contributed by atoms with E-state index in [1.54, 1.807) is 14.2 Å². The molecule has 162 valence electrons. The van der Waals surface area contributed by atoms with Gasteiger partial charge in [0.15, 0.2) is 23.3 Å². The van der Waals surface area contributed by atoms with Gasteiger partial charge in [-0.05, 0) is 12.8 Å². The molecule has 0 bridgehead atoms. The Labute approximate surface area is 170 Å². The summed E-state index contributed by atoms with van der Waals surface area (Å²) >= 11 is 0. The molecule has 0 amide bonds. The fourth-order valence-electron chi connectivity index (χ4n) is 3.44. The van der Waals surface area contributed by atoms with Crippen LogP contribution in [0.15, 0.2) is 6.33 Å². The largest absolute Gasteiger partial charge is 0.382 e. The number of ether oxygens (including phenoxy) is 5. The molecule has 2 N–H and O–H groups in total. The summed E-state index contributed by atoms with van der Waals surface area (Å²) in [5.74, 6) is 1.18. The zero-order chi connectivity index (χ0) is 20.6. The van der Waals surface area contributed by atoms with E-state index in [1.807, 2.05) is 4.57 Å². The third-order valence-electron chi connectivity index (χ3n) is 4.84. The number of fused-ring (bicyclic) bond motifs is 1. The molecule has 0 spiro atoms. The molecule has 1 fully saturated rings. The highest BCUT2D eigenvalue weighted by atomic mass is 16.7. The highest BCUT2D eigenvalue weighted by molar-refractivity contribution is 5.81. The molecular formula is C19H31N5O5. The maximum absolute atomic E-state index is 6.06. The molecule has 3 atom stereocenters. The van der Waals surface area contributed by atoms with Crippen molar-refractivity contribution in [3.05, 3.63) is 12.2 Å². The van der Waals surface area contributed by atoms with Crippen LogP contribution in [0.25, 0.3) is 11.2 Å². The van der Waals surface area contributed by atoms with Crippen molar-refractivity contribution in [2.24, 2.45) is 0 Å². The number of imidazole rings is 1. The Bertz CT molecular complexity index is 759. The number of hydrogen-bond donors (Lipinski definition) is 1. The lowest BCUT2D eigenvalue weighted by Crippen LogP contribution is -2.24. The number of aryl methyl sites for hydroxylation is 1. The van der Waals surface area contributed by atoms with Gasteiger partial charge in [0.25, 0.3) is 0 Å². The van der Waals surface area contributed by atoms with Crippen molar-refractivity contribution in [3.8, 4) is 0 Å². The second kappa shape index (κ2) is 10.8. The number of rotatable bonds is 12. The summed E-state index contributed by atoms with van der Waals surface area (Å²) < 4.78 is 30.0. The van der Waals surface area contributed by atoms with Gasteiger partial charge in [-0.15, -0.1) is 0 Å². The molecule has 1 aliphatic heterocycles. The van der Waals surface area contributed by atoms with E-state index < -0.39 is 6.29 Å². The second-order valence-electron chi connectivity index (χ2n) is 6.86. The van der Waals surface area contributed by atoms with Crippen LogP contribution in [0.3, 0.4) is 0 Å². The topological polar surface area (TPSA) is 116 Å². The Kier molecular flexibility index (Phi) is 8.13. The van der Waals surface area contributed by atoms with Crippen molar-refractivity contribution < 1.29 is 23.7 Å². The lowest BCUT2D eigenvalue weighted by Gasteiger charge is -2.17. The molecule has 1 aliphatic rings. The van der Waals surface area contributed by atoms with Crippen LogP contribution < -0.4 is 5.73 Å². The average Bonchev–Trinajstić information content (AvgIpc) is 3.31. The van der Waals surface area contributed by atoms with Gasteiger partial charge in [0.2, 0.25) is 0 Å². The van der Waals surface area contributed by atoms with Crippen LogP contribution in [0.4, 0.5) is 5.82 Å². The van der Waals surface area contributed by atoms with E-state index in [9.17, 15) is 0 Å². The Morgan fingerprint density at radius 3 is 2.62 bits per heavy atom. The van der Waals surface area contributed by atoms with Crippen molar-refractivity contribution in [3.63, 3.8) is 0 Å². The molecule has 0 saturated carbocycles. The lowest BCUT2D eigenvalue weighted by molar-refractivity contribution is -0.166. The third kappa shape index (κ3) is 5.20. The highest BCUT2D eigenvalue weighted by Gasteiger charge is 2.38. The van der Waals surface area contributed by atoms with Crippen molar-refractivity contribution in [1.82, 2.24) is 19.5 Å². The van der Waals surface area contributed by atoms with E-state index in [-0.39, 0.29) is 12.3 Å². The van der Waals surface area contributed by atoms with E-state index in [0.29, 0.717) is 49.6 Å². The van der Waals surface area contributed by atoms with Crippen LogP contribution in [-0.2, 0) is 30.1 Å². The quantitative estimate of drug-likeness (QED) is 0.523. The first-order valence-corrected chi connectivity index (χ1v) is 10.0. The zero-order valence-corrected chi connectivity index (χ0v) is 17.4. The summed E-state index contributed by atoms with van der Waals surface area (Å²) in [6.45, 7) is 4.67. The number of nitrogen functional groups attached to an aromatic ring is 1. The Hall–Kier alpha value is -1.85. The molecule has 0 aliphatic carbocycles. The summed E-state index contributed by atoms with van der Waals surface area (Å²) in [4.78, 5) is 13.1. The zero-order valence-electron chi connectivity index (χ0n) is 17.4. The Balaban J connectivity index is 1.69. The van der Waals surface area contributed by atoms with Crippen LogP contribution >= 0.6 is 0 Å². The number of nitrogens with zero attached hydrogens (tertiary/aromatic N) is 4. The Morgan fingerprint density at radius 1 is 1.14 bits per heavy atom. The first-order chi connectivity index (χ1) is 14.2. The summed E-state index contributed by atoms with van der Waals surface area (Å²) in [7, 11) is 3.25. The number of methoxy groups -OCH3 is 2. The predicted molar refractivity (Wildman–Crippen MR) is 106 cm³/mol. The van der Waals surface area contributed by atoms with Gasteiger partial charge in [-0.2, -0.15) is 0 Å². The third-order valence-corrected chi connectivity index (χ3v) is 4.84. The van der Waals surface area contributed by atoms with Gasteiger partial charge >= 0.3 is 0 Å². The first kappa shape index (κ1) is 21.8. The highest BCUT2D eigenvalue weighted by Crippen LogP contribution is 2.34. The van der Waals surface area contributed by atoms with E-state index in [0.717, 1.165) is 25.3 Å². The van der Waals surface area contributed by atoms with Crippen LogP contribution in [-0.4, -0.2) is 72.6 Å². The molecule has 3 unspecified atom stereocenters. The maximum atomic E-state index is 6.06. The van der Waals surface area contributed by atoms with Crippen LogP contribution in [0.2, 0.25) is 0 Å². The molecule has 2 aromatic rings. The fourth-order valence-corrected chi connectivity index (χ4v) is 3.44. The minimum atomic E-state index is -0.444. The summed E-state index contributed by atoms with van der Waals surface area (Å²) in [5.41, 5.74) is 7.25. The molecule has 1 saturated heterocycles. The summed E-state index contributed by atoms with van der Waals surface area (Å²) in [6, 6.07) is 0. The lowest BCUT2D eigenvalue weighted by atomic mass is 10.2. The number of aromatic nitrogens is 4. The SMILES string of the molecule is CCCOCCOCCCc1nc2c(N)ncnc2n1C1CC(OC)C(OC)O1. The van der Waals surface area contributed by atoms with Crippen molar-refractivity contribution in [2.45, 2.75) is 51.2 Å². The number of hydrogen-bond acceptors (Lipinski definition) is 9. The van der Waals surface area contributed by atoms with Crippen molar-refractivity contribution in [1.29, 1.82) is 0 Å². The maximum Gasteiger partial charge on any atom is 0.186 e. The summed E-state index contributed by atoms with van der Waals surface area (Å²) in [5, 5.41) is 0. The first-order valence-electron chi connectivity index (χ1n) is 10.0. The van der Waals surface area contributed by atoms with Gasteiger partial charge in [-0.3, -0.25) is 4.57 Å². The van der Waals surface area contributed by atoms with Gasteiger partial charge in [0.05, 0.1) is 13.2 Å². The van der Waals surface area contributed by atoms with E-state index in [4.69, 9.17) is 29.4 Å². The molecule has 0 radical (unpaired) electrons. The molecule has 29 heavy (non-hydrogen) atoms. The standard InChI is InChI=1S/C19H31N5O5/c1-4-7-27-9-10-28-8-5-6-14-23-16-17(20)21-12-22-18(16)24(14)15-11-13(25-2)19(26-3)29-15/h12-13,15,19H,4-11H2,1-3H3,(H2,20,21,22).